The summed E-state index contributed by atoms with van der Waals surface area (Å²) in [5.74, 6) is 0.0645. The van der Waals surface area contributed by atoms with E-state index in [-0.39, 0.29) is 17.9 Å². The van der Waals surface area contributed by atoms with Crippen molar-refractivity contribution >= 4 is 15.9 Å². The highest BCUT2D eigenvalue weighted by molar-refractivity contribution is 7.89. The smallest absolute Gasteiger partial charge is 0.243 e. The monoisotopic (exact) mass is 484 g/mol. The fourth-order valence-electron chi connectivity index (χ4n) is 5.34. The lowest BCUT2D eigenvalue weighted by atomic mass is 9.95. The molecule has 7 heteroatoms. The van der Waals surface area contributed by atoms with Gasteiger partial charge in [0.25, 0.3) is 0 Å². The number of nitrogens with zero attached hydrogens (tertiary/aromatic N) is 2. The normalized spacial score (nSPS) is 18.9. The molecule has 184 valence electrons. The Hall–Kier alpha value is -2.22. The predicted molar refractivity (Wildman–Crippen MR) is 133 cm³/mol. The van der Waals surface area contributed by atoms with Gasteiger partial charge in [0.2, 0.25) is 15.9 Å². The van der Waals surface area contributed by atoms with Crippen LogP contribution in [0, 0.1) is 26.7 Å². The molecule has 4 rings (SSSR count). The summed E-state index contributed by atoms with van der Waals surface area (Å²) in [6.45, 7) is 8.49. The van der Waals surface area contributed by atoms with Gasteiger partial charge in [-0.15, -0.1) is 0 Å². The summed E-state index contributed by atoms with van der Waals surface area (Å²) in [5.41, 5.74) is 3.80. The van der Waals surface area contributed by atoms with E-state index in [1.807, 2.05) is 56.0 Å². The quantitative estimate of drug-likeness (QED) is 0.616. The zero-order valence-corrected chi connectivity index (χ0v) is 21.3. The van der Waals surface area contributed by atoms with Gasteiger partial charge in [0.15, 0.2) is 0 Å². The zero-order valence-electron chi connectivity index (χ0n) is 20.5. The number of likely N-dealkylation sites (tertiary alicyclic amines) is 1. The van der Waals surface area contributed by atoms with Crippen molar-refractivity contribution in [1.82, 2.24) is 9.21 Å². The average molecular weight is 485 g/mol. The van der Waals surface area contributed by atoms with E-state index in [4.69, 9.17) is 4.74 Å². The SMILES string of the molecule is Cc1cc(C)c(S(=O)(=O)N2CCC(C(=O)N3CCC(OCc4ccccc4)CC3)CC2)c(C)c1. The van der Waals surface area contributed by atoms with Crippen molar-refractivity contribution in [3.05, 3.63) is 64.7 Å². The highest BCUT2D eigenvalue weighted by Gasteiger charge is 2.36. The van der Waals surface area contributed by atoms with Crippen molar-refractivity contribution < 1.29 is 17.9 Å². The number of carbonyl (C=O) groups is 1. The van der Waals surface area contributed by atoms with Gasteiger partial charge in [-0.05, 0) is 63.1 Å². The van der Waals surface area contributed by atoms with Crippen LogP contribution < -0.4 is 0 Å². The number of carbonyl (C=O) groups excluding carboxylic acids is 1. The Morgan fingerprint density at radius 3 is 2.09 bits per heavy atom. The topological polar surface area (TPSA) is 66.9 Å². The predicted octanol–water partition coefficient (Wildman–Crippen LogP) is 4.22. The average Bonchev–Trinajstić information content (AvgIpc) is 2.82. The Balaban J connectivity index is 1.28. The van der Waals surface area contributed by atoms with Crippen molar-refractivity contribution in [2.45, 2.75) is 64.1 Å². The molecule has 34 heavy (non-hydrogen) atoms. The van der Waals surface area contributed by atoms with Gasteiger partial charge in [-0.2, -0.15) is 4.31 Å². The second-order valence-corrected chi connectivity index (χ2v) is 11.6. The lowest BCUT2D eigenvalue weighted by Crippen LogP contribution is -2.47. The molecule has 6 nitrogen and oxygen atoms in total. The van der Waals surface area contributed by atoms with E-state index in [0.717, 1.165) is 29.5 Å². The minimum atomic E-state index is -3.56. The fourth-order valence-corrected chi connectivity index (χ4v) is 7.22. The summed E-state index contributed by atoms with van der Waals surface area (Å²) in [5, 5.41) is 0. The number of piperidine rings is 2. The van der Waals surface area contributed by atoms with Gasteiger partial charge in [-0.1, -0.05) is 48.0 Å². The van der Waals surface area contributed by atoms with Crippen LogP contribution in [0.3, 0.4) is 0 Å². The number of sulfonamides is 1. The van der Waals surface area contributed by atoms with Crippen LogP contribution in [-0.4, -0.2) is 55.8 Å². The summed E-state index contributed by atoms with van der Waals surface area (Å²) in [6, 6.07) is 14.0. The molecule has 0 unspecified atom stereocenters. The minimum Gasteiger partial charge on any atom is -0.373 e. The molecule has 1 amide bonds. The van der Waals surface area contributed by atoms with Crippen molar-refractivity contribution in [2.24, 2.45) is 5.92 Å². The lowest BCUT2D eigenvalue weighted by molar-refractivity contribution is -0.139. The third-order valence-corrected chi connectivity index (χ3v) is 9.29. The van der Waals surface area contributed by atoms with Crippen molar-refractivity contribution in [3.63, 3.8) is 0 Å². The van der Waals surface area contributed by atoms with E-state index in [2.05, 4.69) is 12.1 Å². The van der Waals surface area contributed by atoms with E-state index in [9.17, 15) is 13.2 Å². The summed E-state index contributed by atoms with van der Waals surface area (Å²) in [6.07, 6.45) is 3.02. The maximum atomic E-state index is 13.3. The Bertz CT molecular complexity index is 1080. The molecule has 2 aliphatic rings. The molecule has 0 bridgehead atoms. The third kappa shape index (κ3) is 5.53. The van der Waals surface area contributed by atoms with E-state index in [1.54, 1.807) is 4.31 Å². The standard InChI is InChI=1S/C27H36N2O4S/c1-20-17-21(2)26(22(3)18-20)34(31,32)29-15-9-24(10-16-29)27(30)28-13-11-25(12-14-28)33-19-23-7-5-4-6-8-23/h4-8,17-18,24-25H,9-16,19H2,1-3H3. The third-order valence-electron chi connectivity index (χ3n) is 7.09. The molecule has 0 saturated carbocycles. The first-order valence-corrected chi connectivity index (χ1v) is 13.7. The van der Waals surface area contributed by atoms with E-state index in [0.29, 0.717) is 50.5 Å². The van der Waals surface area contributed by atoms with Gasteiger partial charge in [0.05, 0.1) is 17.6 Å². The van der Waals surface area contributed by atoms with Gasteiger partial charge in [0, 0.05) is 32.1 Å². The molecule has 2 aromatic rings. The number of aryl methyl sites for hydroxylation is 3. The van der Waals surface area contributed by atoms with Crippen molar-refractivity contribution in [3.8, 4) is 0 Å². The molecule has 0 aliphatic carbocycles. The van der Waals surface area contributed by atoms with E-state index in [1.165, 1.54) is 5.56 Å². The summed E-state index contributed by atoms with van der Waals surface area (Å²) in [4.78, 5) is 15.5. The molecule has 2 aliphatic heterocycles. The Kier molecular flexibility index (Phi) is 7.75. The van der Waals surface area contributed by atoms with E-state index < -0.39 is 10.0 Å². The van der Waals surface area contributed by atoms with Crippen LogP contribution in [0.4, 0.5) is 0 Å². The molecule has 2 heterocycles. The number of benzene rings is 2. The largest absolute Gasteiger partial charge is 0.373 e. The van der Waals surface area contributed by atoms with Crippen LogP contribution in [0.2, 0.25) is 0 Å². The number of hydrogen-bond acceptors (Lipinski definition) is 4. The minimum absolute atomic E-state index is 0.103. The molecular formula is C27H36N2O4S. The van der Waals surface area contributed by atoms with Gasteiger partial charge < -0.3 is 9.64 Å². The van der Waals surface area contributed by atoms with Gasteiger partial charge in [0.1, 0.15) is 0 Å². The molecule has 2 saturated heterocycles. The molecule has 2 fully saturated rings. The molecule has 0 atom stereocenters. The highest BCUT2D eigenvalue weighted by atomic mass is 32.2. The molecular weight excluding hydrogens is 448 g/mol. The number of hydrogen-bond donors (Lipinski definition) is 0. The van der Waals surface area contributed by atoms with Gasteiger partial charge in [-0.3, -0.25) is 4.79 Å². The first-order chi connectivity index (χ1) is 16.3. The van der Waals surface area contributed by atoms with Crippen LogP contribution >= 0.6 is 0 Å². The summed E-state index contributed by atoms with van der Waals surface area (Å²) >= 11 is 0. The van der Waals surface area contributed by atoms with Crippen molar-refractivity contribution in [1.29, 1.82) is 0 Å². The molecule has 0 spiro atoms. The van der Waals surface area contributed by atoms with Gasteiger partial charge >= 0.3 is 0 Å². The van der Waals surface area contributed by atoms with Crippen LogP contribution in [0.15, 0.2) is 47.4 Å². The zero-order chi connectivity index (χ0) is 24.3. The number of amides is 1. The maximum Gasteiger partial charge on any atom is 0.243 e. The van der Waals surface area contributed by atoms with Crippen LogP contribution in [-0.2, 0) is 26.2 Å². The molecule has 2 aromatic carbocycles. The maximum absolute atomic E-state index is 13.3. The molecule has 0 aromatic heterocycles. The second kappa shape index (κ2) is 10.6. The van der Waals surface area contributed by atoms with Crippen molar-refractivity contribution in [2.75, 3.05) is 26.2 Å². The number of rotatable bonds is 6. The molecule has 0 radical (unpaired) electrons. The first-order valence-electron chi connectivity index (χ1n) is 12.3. The second-order valence-electron chi connectivity index (χ2n) is 9.73. The van der Waals surface area contributed by atoms with E-state index >= 15 is 0 Å². The summed E-state index contributed by atoms with van der Waals surface area (Å²) in [7, 11) is -3.56. The Morgan fingerprint density at radius 1 is 0.912 bits per heavy atom. The van der Waals surface area contributed by atoms with Crippen LogP contribution in [0.1, 0.15) is 47.9 Å². The Labute approximate surface area is 204 Å². The first kappa shape index (κ1) is 24.9. The Morgan fingerprint density at radius 2 is 1.50 bits per heavy atom. The van der Waals surface area contributed by atoms with Crippen LogP contribution in [0.25, 0.3) is 0 Å². The fraction of sp³-hybridized carbons (Fsp3) is 0.519. The molecule has 0 N–H and O–H groups in total. The highest BCUT2D eigenvalue weighted by Crippen LogP contribution is 2.30. The van der Waals surface area contributed by atoms with Crippen LogP contribution in [0.5, 0.6) is 0 Å². The summed E-state index contributed by atoms with van der Waals surface area (Å²) < 4.78 is 34.3. The number of ether oxygens (including phenoxy) is 1. The van der Waals surface area contributed by atoms with Gasteiger partial charge in [-0.25, -0.2) is 8.42 Å². The lowest BCUT2D eigenvalue weighted by Gasteiger charge is -2.37.